The van der Waals surface area contributed by atoms with Gasteiger partial charge in [0.2, 0.25) is 0 Å². The van der Waals surface area contributed by atoms with Crippen LogP contribution >= 0.6 is 0 Å². The van der Waals surface area contributed by atoms with Crippen LogP contribution < -0.4 is 0 Å². The first-order valence-electron chi connectivity index (χ1n) is 8.73. The van der Waals surface area contributed by atoms with Crippen LogP contribution in [0, 0.1) is 10.8 Å². The van der Waals surface area contributed by atoms with Crippen molar-refractivity contribution in [2.45, 2.75) is 78.5 Å². The molecule has 0 unspecified atom stereocenters. The maximum Gasteiger partial charge on any atom is 0.311 e. The van der Waals surface area contributed by atoms with Crippen LogP contribution in [0.5, 0.6) is 0 Å². The predicted octanol–water partition coefficient (Wildman–Crippen LogP) is 2.27. The molecule has 2 saturated heterocycles. The van der Waals surface area contributed by atoms with Gasteiger partial charge in [-0.2, -0.15) is 0 Å². The Morgan fingerprint density at radius 2 is 1.96 bits per heavy atom. The summed E-state index contributed by atoms with van der Waals surface area (Å²) in [6.07, 6.45) is 0.671. The van der Waals surface area contributed by atoms with E-state index < -0.39 is 11.2 Å². The molecule has 2 heterocycles. The maximum absolute atomic E-state index is 11.9. The van der Waals surface area contributed by atoms with Crippen molar-refractivity contribution < 1.29 is 28.8 Å². The van der Waals surface area contributed by atoms with E-state index in [1.165, 1.54) is 0 Å². The van der Waals surface area contributed by atoms with E-state index in [0.717, 1.165) is 0 Å². The minimum atomic E-state index is -0.634. The lowest BCUT2D eigenvalue weighted by Gasteiger charge is -2.54. The molecule has 0 saturated carbocycles. The van der Waals surface area contributed by atoms with Gasteiger partial charge in [-0.05, 0) is 34.6 Å². The third kappa shape index (κ3) is 4.28. The molecule has 0 aromatic carbocycles. The number of carbonyl (C=O) groups excluding carboxylic acids is 1. The SMILES string of the molecule is CC1(C)OC[C@@]2(C)[C@H](C[C@H](CO)O[C@@H]2CCOC(=O)C(C)(C)C)O1. The van der Waals surface area contributed by atoms with Gasteiger partial charge in [-0.3, -0.25) is 4.79 Å². The molecule has 6 heteroatoms. The van der Waals surface area contributed by atoms with E-state index in [1.807, 2.05) is 34.6 Å². The highest BCUT2D eigenvalue weighted by atomic mass is 16.7. The second kappa shape index (κ2) is 6.90. The fourth-order valence-corrected chi connectivity index (χ4v) is 3.22. The van der Waals surface area contributed by atoms with E-state index in [0.29, 0.717) is 19.4 Å². The summed E-state index contributed by atoms with van der Waals surface area (Å²) in [5, 5.41) is 9.54. The minimum absolute atomic E-state index is 0.0461. The van der Waals surface area contributed by atoms with Crippen LogP contribution in [0.1, 0.15) is 54.4 Å². The Kier molecular flexibility index (Phi) is 5.65. The number of hydrogen-bond donors (Lipinski definition) is 1. The zero-order valence-electron chi connectivity index (χ0n) is 15.8. The topological polar surface area (TPSA) is 74.2 Å². The molecule has 140 valence electrons. The van der Waals surface area contributed by atoms with Crippen molar-refractivity contribution in [1.82, 2.24) is 0 Å². The van der Waals surface area contributed by atoms with Crippen LogP contribution in [0.25, 0.3) is 0 Å². The molecule has 0 amide bonds. The molecule has 0 radical (unpaired) electrons. The average molecular weight is 344 g/mol. The molecule has 0 bridgehead atoms. The van der Waals surface area contributed by atoms with E-state index in [2.05, 4.69) is 6.92 Å². The van der Waals surface area contributed by atoms with Gasteiger partial charge >= 0.3 is 5.97 Å². The molecule has 6 nitrogen and oxygen atoms in total. The highest BCUT2D eigenvalue weighted by molar-refractivity contribution is 5.75. The summed E-state index contributed by atoms with van der Waals surface area (Å²) in [5.74, 6) is -0.860. The molecule has 4 atom stereocenters. The first-order valence-corrected chi connectivity index (χ1v) is 8.73. The maximum atomic E-state index is 11.9. The van der Waals surface area contributed by atoms with E-state index in [-0.39, 0.29) is 42.9 Å². The third-order valence-electron chi connectivity index (χ3n) is 4.89. The molecular weight excluding hydrogens is 312 g/mol. The van der Waals surface area contributed by atoms with Gasteiger partial charge in [0.15, 0.2) is 5.79 Å². The summed E-state index contributed by atoms with van der Waals surface area (Å²) in [6, 6.07) is 0. The molecule has 0 aliphatic carbocycles. The molecule has 2 aliphatic heterocycles. The Balaban J connectivity index is 2.02. The standard InChI is InChI=1S/C18H32O6/c1-16(2,3)15(20)21-8-7-13-18(6)11-22-17(4,5)24-14(18)9-12(10-19)23-13/h12-14,19H,7-11H2,1-6H3/t12-,13-,14+,18-/m1/s1. The Hall–Kier alpha value is -0.690. The van der Waals surface area contributed by atoms with Crippen molar-refractivity contribution in [2.75, 3.05) is 19.8 Å². The van der Waals surface area contributed by atoms with Crippen LogP contribution in [-0.2, 0) is 23.7 Å². The van der Waals surface area contributed by atoms with E-state index in [9.17, 15) is 9.90 Å². The van der Waals surface area contributed by atoms with Gasteiger partial charge in [0, 0.05) is 18.3 Å². The first-order chi connectivity index (χ1) is 11.0. The largest absolute Gasteiger partial charge is 0.465 e. The van der Waals surface area contributed by atoms with Gasteiger partial charge in [-0.1, -0.05) is 6.92 Å². The Labute approximate surface area is 144 Å². The molecule has 1 N–H and O–H groups in total. The zero-order valence-corrected chi connectivity index (χ0v) is 15.8. The first kappa shape index (κ1) is 19.6. The highest BCUT2D eigenvalue weighted by Crippen LogP contribution is 2.45. The van der Waals surface area contributed by atoms with Crippen LogP contribution in [-0.4, -0.2) is 55.0 Å². The van der Waals surface area contributed by atoms with Gasteiger partial charge in [0.1, 0.15) is 0 Å². The van der Waals surface area contributed by atoms with Crippen molar-refractivity contribution >= 4 is 5.97 Å². The number of aliphatic hydroxyl groups excluding tert-OH is 1. The Morgan fingerprint density at radius 1 is 1.29 bits per heavy atom. The number of hydrogen-bond acceptors (Lipinski definition) is 6. The van der Waals surface area contributed by atoms with Crippen LogP contribution in [0.3, 0.4) is 0 Å². The van der Waals surface area contributed by atoms with Crippen molar-refractivity contribution in [2.24, 2.45) is 10.8 Å². The van der Waals surface area contributed by atoms with Crippen LogP contribution in [0.2, 0.25) is 0 Å². The fraction of sp³-hybridized carbons (Fsp3) is 0.944. The Bertz CT molecular complexity index is 455. The fourth-order valence-electron chi connectivity index (χ4n) is 3.22. The average Bonchev–Trinajstić information content (AvgIpc) is 2.47. The number of carbonyl (C=O) groups is 1. The second-order valence-corrected chi connectivity index (χ2v) is 8.64. The summed E-state index contributed by atoms with van der Waals surface area (Å²) in [5.41, 5.74) is -0.843. The summed E-state index contributed by atoms with van der Waals surface area (Å²) in [7, 11) is 0. The van der Waals surface area contributed by atoms with Crippen molar-refractivity contribution in [3.8, 4) is 0 Å². The van der Waals surface area contributed by atoms with Crippen molar-refractivity contribution in [3.05, 3.63) is 0 Å². The Morgan fingerprint density at radius 3 is 2.54 bits per heavy atom. The highest BCUT2D eigenvalue weighted by Gasteiger charge is 2.53. The van der Waals surface area contributed by atoms with Gasteiger partial charge in [-0.25, -0.2) is 0 Å². The number of rotatable bonds is 4. The van der Waals surface area contributed by atoms with Crippen molar-refractivity contribution in [1.29, 1.82) is 0 Å². The lowest BCUT2D eigenvalue weighted by Crippen LogP contribution is -2.62. The molecular formula is C18H32O6. The molecule has 24 heavy (non-hydrogen) atoms. The number of esters is 1. The molecule has 0 spiro atoms. The van der Waals surface area contributed by atoms with E-state index in [1.54, 1.807) is 0 Å². The lowest BCUT2D eigenvalue weighted by molar-refractivity contribution is -0.355. The predicted molar refractivity (Wildman–Crippen MR) is 88.4 cm³/mol. The van der Waals surface area contributed by atoms with E-state index >= 15 is 0 Å². The number of aliphatic hydroxyl groups is 1. The summed E-state index contributed by atoms with van der Waals surface area (Å²) in [4.78, 5) is 11.9. The van der Waals surface area contributed by atoms with Gasteiger partial charge in [-0.15, -0.1) is 0 Å². The number of fused-ring (bicyclic) bond motifs is 1. The summed E-state index contributed by atoms with van der Waals surface area (Å²) >= 11 is 0. The van der Waals surface area contributed by atoms with Crippen LogP contribution in [0.15, 0.2) is 0 Å². The second-order valence-electron chi connectivity index (χ2n) is 8.64. The van der Waals surface area contributed by atoms with Gasteiger partial charge < -0.3 is 24.1 Å². The molecule has 2 aliphatic rings. The van der Waals surface area contributed by atoms with Gasteiger partial charge in [0.25, 0.3) is 0 Å². The molecule has 0 aromatic heterocycles. The lowest BCUT2D eigenvalue weighted by atomic mass is 9.73. The monoisotopic (exact) mass is 344 g/mol. The quantitative estimate of drug-likeness (QED) is 0.789. The third-order valence-corrected chi connectivity index (χ3v) is 4.89. The number of ether oxygens (including phenoxy) is 4. The van der Waals surface area contributed by atoms with Crippen molar-refractivity contribution in [3.63, 3.8) is 0 Å². The molecule has 2 rings (SSSR count). The summed E-state index contributed by atoms with van der Waals surface area (Å²) < 4.78 is 23.4. The zero-order chi connectivity index (χ0) is 18.2. The van der Waals surface area contributed by atoms with Gasteiger partial charge in [0.05, 0.1) is 43.5 Å². The normalized spacial score (nSPS) is 36.0. The minimum Gasteiger partial charge on any atom is -0.465 e. The molecule has 2 fully saturated rings. The molecule has 0 aromatic rings. The van der Waals surface area contributed by atoms with Crippen LogP contribution in [0.4, 0.5) is 0 Å². The van der Waals surface area contributed by atoms with E-state index in [4.69, 9.17) is 18.9 Å². The summed E-state index contributed by atoms with van der Waals surface area (Å²) in [6.45, 7) is 12.1. The smallest absolute Gasteiger partial charge is 0.311 e.